The minimum Gasteiger partial charge on any atom is -0.324 e. The molecule has 4 rings (SSSR count). The first-order valence-electron chi connectivity index (χ1n) is 9.97. The molecule has 0 aromatic heterocycles. The summed E-state index contributed by atoms with van der Waals surface area (Å²) in [4.78, 5) is 29.2. The third-order valence-corrected chi connectivity index (χ3v) is 6.11. The van der Waals surface area contributed by atoms with Crippen LogP contribution in [0, 0.1) is 11.6 Å². The molecule has 2 aliphatic rings. The van der Waals surface area contributed by atoms with Crippen molar-refractivity contribution < 1.29 is 18.4 Å². The van der Waals surface area contributed by atoms with Crippen LogP contribution in [0.3, 0.4) is 0 Å². The number of halogens is 3. The van der Waals surface area contributed by atoms with Crippen LogP contribution in [0.4, 0.5) is 25.0 Å². The van der Waals surface area contributed by atoms with Crippen LogP contribution in [0.25, 0.3) is 0 Å². The van der Waals surface area contributed by atoms with Crippen LogP contribution in [-0.2, 0) is 4.79 Å². The highest BCUT2D eigenvalue weighted by Crippen LogP contribution is 2.41. The van der Waals surface area contributed by atoms with Crippen molar-refractivity contribution in [3.8, 4) is 0 Å². The quantitative estimate of drug-likeness (QED) is 0.720. The zero-order valence-corrected chi connectivity index (χ0v) is 17.1. The summed E-state index contributed by atoms with van der Waals surface area (Å²) in [5.74, 6) is -2.04. The van der Waals surface area contributed by atoms with Gasteiger partial charge in [-0.2, -0.15) is 0 Å². The van der Waals surface area contributed by atoms with Crippen molar-refractivity contribution in [3.05, 3.63) is 59.1 Å². The molecule has 2 aromatic rings. The molecule has 0 atom stereocenters. The number of amides is 3. The molecule has 1 spiro atoms. The van der Waals surface area contributed by atoms with Gasteiger partial charge in [0, 0.05) is 22.5 Å². The molecule has 5 nitrogen and oxygen atoms in total. The van der Waals surface area contributed by atoms with E-state index in [2.05, 4.69) is 5.32 Å². The van der Waals surface area contributed by atoms with E-state index in [0.717, 1.165) is 56.0 Å². The van der Waals surface area contributed by atoms with Crippen LogP contribution in [0.2, 0.25) is 5.02 Å². The average Bonchev–Trinajstić information content (AvgIpc) is 2.94. The molecular formula is C22H22ClF2N3O2. The summed E-state index contributed by atoms with van der Waals surface area (Å²) in [5.41, 5.74) is 0.320. The minimum atomic E-state index is -0.778. The van der Waals surface area contributed by atoms with Gasteiger partial charge in [0.15, 0.2) is 0 Å². The van der Waals surface area contributed by atoms with Gasteiger partial charge in [-0.1, -0.05) is 30.9 Å². The van der Waals surface area contributed by atoms with Gasteiger partial charge in [0.2, 0.25) is 5.91 Å². The first-order chi connectivity index (χ1) is 14.4. The Balaban J connectivity index is 1.56. The van der Waals surface area contributed by atoms with E-state index in [1.165, 1.54) is 0 Å². The molecule has 1 heterocycles. The summed E-state index contributed by atoms with van der Waals surface area (Å²) in [6.45, 7) is 0.316. The van der Waals surface area contributed by atoms with Gasteiger partial charge in [-0.05, 0) is 49.2 Å². The second kappa shape index (κ2) is 8.22. The Morgan fingerprint density at radius 1 is 1.03 bits per heavy atom. The van der Waals surface area contributed by atoms with Crippen molar-refractivity contribution in [3.63, 3.8) is 0 Å². The fourth-order valence-corrected chi connectivity index (χ4v) is 4.59. The second-order valence-corrected chi connectivity index (χ2v) is 8.36. The van der Waals surface area contributed by atoms with Gasteiger partial charge < -0.3 is 10.2 Å². The van der Waals surface area contributed by atoms with Gasteiger partial charge in [0.1, 0.15) is 18.2 Å². The van der Waals surface area contributed by atoms with Crippen molar-refractivity contribution in [2.45, 2.75) is 37.6 Å². The Morgan fingerprint density at radius 2 is 1.67 bits per heavy atom. The van der Waals surface area contributed by atoms with Crippen LogP contribution in [0.15, 0.2) is 42.5 Å². The van der Waals surface area contributed by atoms with Crippen LogP contribution in [0.1, 0.15) is 32.1 Å². The van der Waals surface area contributed by atoms with Crippen LogP contribution in [-0.4, -0.2) is 35.5 Å². The molecule has 8 heteroatoms. The monoisotopic (exact) mass is 433 g/mol. The number of carbonyl (C=O) groups is 2. The average molecular weight is 434 g/mol. The lowest BCUT2D eigenvalue weighted by Gasteiger charge is -2.39. The van der Waals surface area contributed by atoms with E-state index in [9.17, 15) is 18.4 Å². The smallest absolute Gasteiger partial charge is 0.324 e. The van der Waals surface area contributed by atoms with E-state index < -0.39 is 23.1 Å². The van der Waals surface area contributed by atoms with E-state index in [4.69, 9.17) is 11.6 Å². The number of carbonyl (C=O) groups excluding carboxylic acids is 2. The molecule has 0 bridgehead atoms. The van der Waals surface area contributed by atoms with Crippen molar-refractivity contribution in [2.24, 2.45) is 0 Å². The third-order valence-electron chi connectivity index (χ3n) is 5.86. The van der Waals surface area contributed by atoms with Crippen LogP contribution >= 0.6 is 11.6 Å². The maximum atomic E-state index is 13.4. The largest absolute Gasteiger partial charge is 0.325 e. The topological polar surface area (TPSA) is 52.7 Å². The maximum absolute atomic E-state index is 13.4. The summed E-state index contributed by atoms with van der Waals surface area (Å²) >= 11 is 5.97. The predicted octanol–water partition coefficient (Wildman–Crippen LogP) is 5.20. The standard InChI is InChI=1S/C22H22ClF2N3O2/c23-15-4-6-19(7-5-15)27-14-22(8-2-1-3-9-22)28(21(27)30)13-20(29)26-18-11-16(24)10-17(25)12-18/h4-7,10-12H,1-3,8-9,13-14H2,(H,26,29). The number of anilines is 2. The minimum absolute atomic E-state index is 0.0244. The van der Waals surface area contributed by atoms with Gasteiger partial charge in [0.05, 0.1) is 12.1 Å². The molecule has 0 unspecified atom stereocenters. The van der Waals surface area contributed by atoms with Crippen molar-refractivity contribution in [1.29, 1.82) is 0 Å². The van der Waals surface area contributed by atoms with E-state index in [1.54, 1.807) is 34.1 Å². The van der Waals surface area contributed by atoms with E-state index in [0.29, 0.717) is 11.6 Å². The first kappa shape index (κ1) is 20.6. The highest BCUT2D eigenvalue weighted by atomic mass is 35.5. The third kappa shape index (κ3) is 4.12. The number of hydrogen-bond donors (Lipinski definition) is 1. The lowest BCUT2D eigenvalue weighted by molar-refractivity contribution is -0.117. The fourth-order valence-electron chi connectivity index (χ4n) is 4.46. The Kier molecular flexibility index (Phi) is 5.64. The second-order valence-electron chi connectivity index (χ2n) is 7.92. The molecule has 1 aliphatic heterocycles. The Morgan fingerprint density at radius 3 is 2.30 bits per heavy atom. The maximum Gasteiger partial charge on any atom is 0.325 e. The molecule has 3 amide bonds. The number of rotatable bonds is 4. The summed E-state index contributed by atoms with van der Waals surface area (Å²) in [5, 5.41) is 3.09. The van der Waals surface area contributed by atoms with E-state index in [1.807, 2.05) is 0 Å². The number of nitrogens with zero attached hydrogens (tertiary/aromatic N) is 2. The number of urea groups is 1. The summed E-state index contributed by atoms with van der Waals surface area (Å²) in [6, 6.07) is 9.61. The summed E-state index contributed by atoms with van der Waals surface area (Å²) < 4.78 is 26.9. The lowest BCUT2D eigenvalue weighted by atomic mass is 9.81. The lowest BCUT2D eigenvalue weighted by Crippen LogP contribution is -2.51. The van der Waals surface area contributed by atoms with Crippen molar-refractivity contribution in [1.82, 2.24) is 4.90 Å². The molecule has 1 aliphatic carbocycles. The zero-order chi connectivity index (χ0) is 21.3. The molecule has 30 heavy (non-hydrogen) atoms. The highest BCUT2D eigenvalue weighted by molar-refractivity contribution is 6.30. The number of hydrogen-bond acceptors (Lipinski definition) is 2. The molecule has 158 valence electrons. The van der Waals surface area contributed by atoms with Crippen LogP contribution in [0.5, 0.6) is 0 Å². The summed E-state index contributed by atoms with van der Waals surface area (Å²) in [6.07, 6.45) is 4.68. The molecule has 1 saturated carbocycles. The highest BCUT2D eigenvalue weighted by Gasteiger charge is 2.50. The molecular weight excluding hydrogens is 412 g/mol. The zero-order valence-electron chi connectivity index (χ0n) is 16.3. The Labute approximate surface area is 178 Å². The Hall–Kier alpha value is -2.67. The molecule has 2 fully saturated rings. The molecule has 1 N–H and O–H groups in total. The van der Waals surface area contributed by atoms with Crippen LogP contribution < -0.4 is 10.2 Å². The number of nitrogens with one attached hydrogen (secondary N) is 1. The molecule has 2 aromatic carbocycles. The fraction of sp³-hybridized carbons (Fsp3) is 0.364. The van der Waals surface area contributed by atoms with Gasteiger partial charge in [-0.25, -0.2) is 13.6 Å². The van der Waals surface area contributed by atoms with E-state index in [-0.39, 0.29) is 18.3 Å². The first-order valence-corrected chi connectivity index (χ1v) is 10.3. The van der Waals surface area contributed by atoms with Gasteiger partial charge >= 0.3 is 6.03 Å². The van der Waals surface area contributed by atoms with Crippen molar-refractivity contribution >= 4 is 34.9 Å². The van der Waals surface area contributed by atoms with Gasteiger partial charge in [0.25, 0.3) is 0 Å². The number of benzene rings is 2. The normalized spacial score (nSPS) is 18.2. The predicted molar refractivity (Wildman–Crippen MR) is 112 cm³/mol. The van der Waals surface area contributed by atoms with Gasteiger partial charge in [-0.3, -0.25) is 9.69 Å². The SMILES string of the molecule is O=C(CN1C(=O)N(c2ccc(Cl)cc2)CC12CCCCC2)Nc1cc(F)cc(F)c1. The van der Waals surface area contributed by atoms with E-state index >= 15 is 0 Å². The van der Waals surface area contributed by atoms with Crippen molar-refractivity contribution in [2.75, 3.05) is 23.3 Å². The van der Waals surface area contributed by atoms with Gasteiger partial charge in [-0.15, -0.1) is 0 Å². The molecule has 1 saturated heterocycles. The Bertz CT molecular complexity index is 941. The summed E-state index contributed by atoms with van der Waals surface area (Å²) in [7, 11) is 0. The molecule has 0 radical (unpaired) electrons.